The van der Waals surface area contributed by atoms with Crippen LogP contribution in [0.2, 0.25) is 0 Å². The third-order valence-electron chi connectivity index (χ3n) is 22.3. The molecule has 13 rings (SSSR count). The molecule has 664 valence electrons. The molecule has 129 heavy (non-hydrogen) atoms. The smallest absolute Gasteiger partial charge is 0.339 e. The summed E-state index contributed by atoms with van der Waals surface area (Å²) in [6.45, 7) is 12.0. The molecule has 0 aliphatic heterocycles. The normalized spacial score (nSPS) is 15.0. The summed E-state index contributed by atoms with van der Waals surface area (Å²) in [6, 6.07) is 70.2. The molecule has 10 aromatic rings. The van der Waals surface area contributed by atoms with Gasteiger partial charge in [-0.1, -0.05) is 207 Å². The van der Waals surface area contributed by atoms with Gasteiger partial charge in [-0.25, -0.2) is 33.6 Å². The van der Waals surface area contributed by atoms with Gasteiger partial charge in [0, 0.05) is 18.2 Å². The Morgan fingerprint density at radius 3 is 1.16 bits per heavy atom. The molecule has 0 radical (unpaired) electrons. The van der Waals surface area contributed by atoms with E-state index in [1.165, 1.54) is 30.3 Å². The first-order valence-corrected chi connectivity index (χ1v) is 43.5. The molecule has 26 nitrogen and oxygen atoms in total. The number of aliphatic hydroxyl groups excluding tert-OH is 1. The van der Waals surface area contributed by atoms with E-state index < -0.39 is 177 Å². The van der Waals surface area contributed by atoms with Crippen molar-refractivity contribution < 1.29 is 124 Å². The Morgan fingerprint density at radius 2 is 0.783 bits per heavy atom. The van der Waals surface area contributed by atoms with Crippen molar-refractivity contribution in [3.63, 3.8) is 0 Å². The van der Waals surface area contributed by atoms with Crippen LogP contribution in [-0.2, 0) is 86.3 Å². The van der Waals surface area contributed by atoms with Gasteiger partial charge in [-0.2, -0.15) is 0 Å². The largest absolute Gasteiger partial charge is 0.490 e. The summed E-state index contributed by atoms with van der Waals surface area (Å²) in [5, 5.41) is 31.6. The third-order valence-corrected chi connectivity index (χ3v) is 24.4. The van der Waals surface area contributed by atoms with Crippen LogP contribution in [-0.4, -0.2) is 172 Å². The minimum absolute atomic E-state index is 0.0883. The van der Waals surface area contributed by atoms with Gasteiger partial charge in [-0.3, -0.25) is 14.2 Å². The molecule has 27 heteroatoms. The molecule has 0 heterocycles. The van der Waals surface area contributed by atoms with E-state index in [9.17, 15) is 58.2 Å². The van der Waals surface area contributed by atoms with E-state index in [1.807, 2.05) is 116 Å². The highest BCUT2D eigenvalue weighted by atomic mass is 31.2. The zero-order valence-electron chi connectivity index (χ0n) is 71.0. The number of fused-ring (bicyclic) bond motifs is 6. The molecule has 6 unspecified atom stereocenters. The van der Waals surface area contributed by atoms with Gasteiger partial charge < -0.3 is 76.5 Å². The molecule has 0 fully saturated rings. The van der Waals surface area contributed by atoms with Crippen molar-refractivity contribution in [1.29, 1.82) is 0 Å². The Labute approximate surface area is 744 Å². The molecular formula is C102H95O26P. The number of hydrogen-bond acceptors (Lipinski definition) is 24. The Balaban J connectivity index is 0.759. The lowest BCUT2D eigenvalue weighted by Crippen LogP contribution is -2.37. The predicted octanol–water partition coefficient (Wildman–Crippen LogP) is 16.2. The Morgan fingerprint density at radius 1 is 0.419 bits per heavy atom. The van der Waals surface area contributed by atoms with E-state index in [-0.39, 0.29) is 62.3 Å². The van der Waals surface area contributed by atoms with Crippen LogP contribution in [0.4, 0.5) is 0 Å². The number of carbonyl (C=O) groups excluding carboxylic acids is 7. The summed E-state index contributed by atoms with van der Waals surface area (Å²) in [5.74, 6) is -10.6. The molecule has 0 aromatic heterocycles. The Kier molecular flexibility index (Phi) is 30.4. The first-order valence-electron chi connectivity index (χ1n) is 41.8. The van der Waals surface area contributed by atoms with Gasteiger partial charge >= 0.3 is 61.3 Å². The van der Waals surface area contributed by atoms with Gasteiger partial charge in [0.1, 0.15) is 69.6 Å². The summed E-state index contributed by atoms with van der Waals surface area (Å²) >= 11 is 0. The SMILES string of the molecule is C=CC(=O)OCC(COc1ccc(C2(c3ccc(OCC(COC(=O)C=C)OC(=O)C4CC=CCC4C(=O)O)cc3)c3ccccc3-c3ccccc32)cc1)OC(=O)c1cc(-c2ccc(C(=O)OCC(O)COCCP(=O)(OCC)OCC)c(C(=O)OC(COC(=O)C=C)COc3ccc(C4(c5ccc(C)cc5)c5ccccc5-c5ccccc54)cc3)c2)ccc1C(=O)O. The molecule has 3 aliphatic carbocycles. The highest BCUT2D eigenvalue weighted by Gasteiger charge is 2.48. The molecule has 0 amide bonds. The van der Waals surface area contributed by atoms with Crippen molar-refractivity contribution in [3.8, 4) is 50.6 Å². The van der Waals surface area contributed by atoms with Crippen LogP contribution in [0.25, 0.3) is 33.4 Å². The molecule has 0 bridgehead atoms. The number of rotatable bonds is 43. The van der Waals surface area contributed by atoms with E-state index in [2.05, 4.69) is 68.3 Å². The van der Waals surface area contributed by atoms with E-state index in [4.69, 9.17) is 61.2 Å². The zero-order valence-corrected chi connectivity index (χ0v) is 71.9. The van der Waals surface area contributed by atoms with Gasteiger partial charge in [0.25, 0.3) is 0 Å². The number of aryl methyl sites for hydroxylation is 1. The molecule has 6 atom stereocenters. The average Bonchev–Trinajstić information content (AvgIpc) is 1.55. The van der Waals surface area contributed by atoms with Gasteiger partial charge in [0.2, 0.25) is 0 Å². The average molecular weight is 1770 g/mol. The molecular weight excluding hydrogens is 1670 g/mol. The highest BCUT2D eigenvalue weighted by molar-refractivity contribution is 7.53. The molecule has 10 aromatic carbocycles. The maximum atomic E-state index is 15.1. The van der Waals surface area contributed by atoms with Gasteiger partial charge in [-0.15, -0.1) is 0 Å². The predicted molar refractivity (Wildman–Crippen MR) is 475 cm³/mol. The minimum atomic E-state index is -3.51. The van der Waals surface area contributed by atoms with Crippen LogP contribution in [0.5, 0.6) is 17.2 Å². The van der Waals surface area contributed by atoms with Crippen LogP contribution < -0.4 is 14.2 Å². The van der Waals surface area contributed by atoms with E-state index in [1.54, 1.807) is 62.4 Å². The number of aromatic carboxylic acids is 1. The topological polar surface area (TPSA) is 351 Å². The second kappa shape index (κ2) is 42.4. The number of carbonyl (C=O) groups is 9. The summed E-state index contributed by atoms with van der Waals surface area (Å²) in [7, 11) is -3.51. The second-order valence-electron chi connectivity index (χ2n) is 30.5. The number of ether oxygens (including phenoxy) is 11. The monoisotopic (exact) mass is 1770 g/mol. The summed E-state index contributed by atoms with van der Waals surface area (Å²) in [5.41, 5.74) is 9.28. The zero-order chi connectivity index (χ0) is 91.4. The van der Waals surface area contributed by atoms with Crippen LogP contribution >= 0.6 is 7.60 Å². The lowest BCUT2D eigenvalue weighted by atomic mass is 9.67. The molecule has 3 aliphatic rings. The van der Waals surface area contributed by atoms with Crippen LogP contribution in [0.15, 0.2) is 281 Å². The minimum Gasteiger partial charge on any atom is -0.490 e. The fraction of sp³-hybridized carbons (Fsp3) is 0.245. The van der Waals surface area contributed by atoms with Crippen molar-refractivity contribution >= 4 is 61.3 Å². The Hall–Kier alpha value is -14.1. The van der Waals surface area contributed by atoms with Crippen molar-refractivity contribution in [2.75, 3.05) is 78.8 Å². The summed E-state index contributed by atoms with van der Waals surface area (Å²) < 4.78 is 87.8. The number of aliphatic hydroxyl groups is 1. The molecule has 0 spiro atoms. The van der Waals surface area contributed by atoms with Crippen LogP contribution in [0.3, 0.4) is 0 Å². The molecule has 3 N–H and O–H groups in total. The molecule has 0 saturated heterocycles. The number of esters is 7. The number of aliphatic carboxylic acids is 1. The summed E-state index contributed by atoms with van der Waals surface area (Å²) in [4.78, 5) is 121. The summed E-state index contributed by atoms with van der Waals surface area (Å²) in [6.07, 6.45) is 0.920. The van der Waals surface area contributed by atoms with Gasteiger partial charge in [-0.05, 0) is 172 Å². The fourth-order valence-electron chi connectivity index (χ4n) is 16.3. The van der Waals surface area contributed by atoms with Crippen molar-refractivity contribution in [1.82, 2.24) is 0 Å². The first-order chi connectivity index (χ1) is 62.4. The lowest BCUT2D eigenvalue weighted by molar-refractivity contribution is -0.167. The number of carboxylic acids is 2. The van der Waals surface area contributed by atoms with E-state index in [0.717, 1.165) is 96.6 Å². The van der Waals surface area contributed by atoms with Crippen molar-refractivity contribution in [2.45, 2.75) is 68.9 Å². The Bertz CT molecular complexity index is 5800. The highest BCUT2D eigenvalue weighted by Crippen LogP contribution is 2.58. The van der Waals surface area contributed by atoms with Crippen molar-refractivity contribution in [2.24, 2.45) is 11.8 Å². The third kappa shape index (κ3) is 21.1. The van der Waals surface area contributed by atoms with Crippen molar-refractivity contribution in [3.05, 3.63) is 353 Å². The maximum Gasteiger partial charge on any atom is 0.339 e. The number of hydrogen-bond donors (Lipinski definition) is 3. The number of benzene rings is 10. The van der Waals surface area contributed by atoms with Crippen LogP contribution in [0.1, 0.15) is 118 Å². The standard InChI is InChI=1S/C102H95O26P/c1-7-92(104)120-61-75(126-98(112)84-27-13-12-26-82(84)95(107)108)58-117-72-46-40-69(41-47-72)102(90-30-20-16-24-80(90)81-25-17-21-31-91(81)102)70-42-48-74(49-43-70)118-59-76(62-121-93(105)8-2)127-99(113)86-54-65(34-50-83(86)96(109)110)66-35-51-85(97(111)123-57-71(103)56-116-52-53-129(115,124-10-4)125-11-5)87(55-66)100(114)128-77(63-122-94(106)9-3)60-119-73-44-38-68(39-45-73)101(67-36-32-64(6)33-37-67)88-28-18-14-22-78(88)79-23-15-19-29-89(79)101/h7-9,12-25,28-51,54-55,71,75-77,82,84,103H,1-3,10-11,26-27,52-53,56-63H2,4-6H3,(H,107,108)(H,109,110). The van der Waals surface area contributed by atoms with E-state index >= 15 is 4.79 Å². The number of carboxylic acid groups (broad SMARTS) is 2. The van der Waals surface area contributed by atoms with Gasteiger partial charge in [0.05, 0.1) is 77.5 Å². The first kappa shape index (κ1) is 92.5. The van der Waals surface area contributed by atoms with Crippen LogP contribution in [0, 0.1) is 18.8 Å². The second-order valence-corrected chi connectivity index (χ2v) is 32.7. The van der Waals surface area contributed by atoms with E-state index in [0.29, 0.717) is 11.5 Å². The van der Waals surface area contributed by atoms with Gasteiger partial charge in [0.15, 0.2) is 18.3 Å². The quantitative estimate of drug-likeness (QED) is 0.00798. The molecule has 0 saturated carbocycles. The lowest BCUT2D eigenvalue weighted by Gasteiger charge is -2.34. The fourth-order valence-corrected chi connectivity index (χ4v) is 17.8. The maximum absolute atomic E-state index is 15.1. The number of allylic oxidation sites excluding steroid dienone is 2.